The van der Waals surface area contributed by atoms with Crippen molar-refractivity contribution >= 4 is 5.69 Å². The third-order valence-electron chi connectivity index (χ3n) is 3.24. The summed E-state index contributed by atoms with van der Waals surface area (Å²) < 4.78 is 0. The van der Waals surface area contributed by atoms with Gasteiger partial charge in [0.05, 0.1) is 0 Å². The highest BCUT2D eigenvalue weighted by molar-refractivity contribution is 5.49. The fourth-order valence-electron chi connectivity index (χ4n) is 2.43. The molecule has 1 aliphatic heterocycles. The lowest BCUT2D eigenvalue weighted by atomic mass is 9.97. The zero-order valence-electron chi connectivity index (χ0n) is 10.2. The van der Waals surface area contributed by atoms with Gasteiger partial charge in [0, 0.05) is 25.0 Å². The zero-order chi connectivity index (χ0) is 12.1. The van der Waals surface area contributed by atoms with Crippen molar-refractivity contribution < 1.29 is 0 Å². The maximum atomic E-state index is 8.86. The Labute approximate surface area is 102 Å². The third kappa shape index (κ3) is 2.95. The molecule has 0 spiro atoms. The Morgan fingerprint density at radius 2 is 2.53 bits per heavy atom. The number of nitrogens with zero attached hydrogens (tertiary/aromatic N) is 3. The van der Waals surface area contributed by atoms with Gasteiger partial charge in [0.2, 0.25) is 0 Å². The van der Waals surface area contributed by atoms with Gasteiger partial charge in [-0.3, -0.25) is 0 Å². The van der Waals surface area contributed by atoms with E-state index in [1.165, 1.54) is 12.8 Å². The maximum absolute atomic E-state index is 8.86. The van der Waals surface area contributed by atoms with Crippen LogP contribution in [0.1, 0.15) is 18.5 Å². The molecule has 1 saturated heterocycles. The molecule has 1 fully saturated rings. The summed E-state index contributed by atoms with van der Waals surface area (Å²) in [7, 11) is 2.00. The molecule has 0 aromatic carbocycles. The molecule has 4 heteroatoms. The smallest absolute Gasteiger partial charge is 0.142 e. The van der Waals surface area contributed by atoms with E-state index in [2.05, 4.69) is 21.3 Å². The number of rotatable bonds is 3. The van der Waals surface area contributed by atoms with Crippen LogP contribution in [0.15, 0.2) is 18.3 Å². The monoisotopic (exact) mass is 230 g/mol. The van der Waals surface area contributed by atoms with Gasteiger partial charge < -0.3 is 10.2 Å². The van der Waals surface area contributed by atoms with Crippen LogP contribution in [0, 0.1) is 17.2 Å². The first-order valence-corrected chi connectivity index (χ1v) is 6.09. The van der Waals surface area contributed by atoms with Crippen molar-refractivity contribution in [1.82, 2.24) is 10.3 Å². The molecule has 1 aromatic heterocycles. The SMILES string of the molecule is CNCC1CCCN(c2ccnc(C#N)c2)C1. The van der Waals surface area contributed by atoms with Crippen LogP contribution in [0.3, 0.4) is 0 Å². The first-order valence-electron chi connectivity index (χ1n) is 6.09. The van der Waals surface area contributed by atoms with Gasteiger partial charge in [-0.15, -0.1) is 0 Å². The maximum Gasteiger partial charge on any atom is 0.142 e. The fraction of sp³-hybridized carbons (Fsp3) is 0.538. The number of nitrogens with one attached hydrogen (secondary N) is 1. The van der Waals surface area contributed by atoms with E-state index in [0.29, 0.717) is 11.6 Å². The number of hydrogen-bond donors (Lipinski definition) is 1. The van der Waals surface area contributed by atoms with Crippen molar-refractivity contribution in [2.24, 2.45) is 5.92 Å². The quantitative estimate of drug-likeness (QED) is 0.852. The molecule has 90 valence electrons. The van der Waals surface area contributed by atoms with Gasteiger partial charge in [0.25, 0.3) is 0 Å². The molecule has 0 amide bonds. The summed E-state index contributed by atoms with van der Waals surface area (Å²) in [5, 5.41) is 12.1. The normalized spacial score (nSPS) is 20.0. The van der Waals surface area contributed by atoms with E-state index in [-0.39, 0.29) is 0 Å². The number of aromatic nitrogens is 1. The van der Waals surface area contributed by atoms with E-state index >= 15 is 0 Å². The van der Waals surface area contributed by atoms with Crippen LogP contribution in [0.2, 0.25) is 0 Å². The Balaban J connectivity index is 2.08. The number of piperidine rings is 1. The van der Waals surface area contributed by atoms with Crippen LogP contribution in [-0.2, 0) is 0 Å². The molecule has 0 saturated carbocycles. The van der Waals surface area contributed by atoms with Crippen molar-refractivity contribution in [2.75, 3.05) is 31.6 Å². The van der Waals surface area contributed by atoms with E-state index in [9.17, 15) is 0 Å². The number of nitriles is 1. The highest BCUT2D eigenvalue weighted by atomic mass is 15.1. The molecule has 1 atom stereocenters. The van der Waals surface area contributed by atoms with Gasteiger partial charge in [-0.1, -0.05) is 0 Å². The molecule has 2 heterocycles. The molecule has 1 aromatic rings. The van der Waals surface area contributed by atoms with Crippen molar-refractivity contribution in [3.63, 3.8) is 0 Å². The van der Waals surface area contributed by atoms with Crippen LogP contribution in [0.5, 0.6) is 0 Å². The molecule has 1 unspecified atom stereocenters. The minimum atomic E-state index is 0.498. The van der Waals surface area contributed by atoms with Gasteiger partial charge >= 0.3 is 0 Å². The second kappa shape index (κ2) is 5.65. The van der Waals surface area contributed by atoms with E-state index < -0.39 is 0 Å². The zero-order valence-corrected chi connectivity index (χ0v) is 10.2. The van der Waals surface area contributed by atoms with E-state index in [0.717, 1.165) is 25.3 Å². The van der Waals surface area contributed by atoms with Gasteiger partial charge in [0.1, 0.15) is 11.8 Å². The molecular formula is C13H18N4. The largest absolute Gasteiger partial charge is 0.371 e. The number of hydrogen-bond acceptors (Lipinski definition) is 4. The number of anilines is 1. The number of pyridine rings is 1. The summed E-state index contributed by atoms with van der Waals surface area (Å²) in [4.78, 5) is 6.36. The lowest BCUT2D eigenvalue weighted by Crippen LogP contribution is -2.39. The van der Waals surface area contributed by atoms with E-state index in [1.807, 2.05) is 19.2 Å². The van der Waals surface area contributed by atoms with Crippen molar-refractivity contribution in [2.45, 2.75) is 12.8 Å². The molecule has 0 radical (unpaired) electrons. The van der Waals surface area contributed by atoms with E-state index in [4.69, 9.17) is 5.26 Å². The van der Waals surface area contributed by atoms with Crippen LogP contribution in [-0.4, -0.2) is 31.7 Å². The van der Waals surface area contributed by atoms with Crippen LogP contribution in [0.25, 0.3) is 0 Å². The summed E-state index contributed by atoms with van der Waals surface area (Å²) in [6.07, 6.45) is 4.22. The predicted octanol–water partition coefficient (Wildman–Crippen LogP) is 1.39. The summed E-state index contributed by atoms with van der Waals surface area (Å²) >= 11 is 0. The lowest BCUT2D eigenvalue weighted by Gasteiger charge is -2.34. The van der Waals surface area contributed by atoms with Crippen LogP contribution in [0.4, 0.5) is 5.69 Å². The lowest BCUT2D eigenvalue weighted by molar-refractivity contribution is 0.403. The van der Waals surface area contributed by atoms with Gasteiger partial charge in [-0.25, -0.2) is 4.98 Å². The molecule has 2 rings (SSSR count). The van der Waals surface area contributed by atoms with Gasteiger partial charge in [-0.2, -0.15) is 5.26 Å². The molecule has 1 aliphatic rings. The summed E-state index contributed by atoms with van der Waals surface area (Å²) in [5.41, 5.74) is 1.62. The van der Waals surface area contributed by atoms with E-state index in [1.54, 1.807) is 6.20 Å². The Bertz CT molecular complexity index is 408. The van der Waals surface area contributed by atoms with Crippen molar-refractivity contribution in [3.05, 3.63) is 24.0 Å². The highest BCUT2D eigenvalue weighted by Crippen LogP contribution is 2.22. The Hall–Kier alpha value is -1.60. The Morgan fingerprint density at radius 3 is 3.29 bits per heavy atom. The first-order chi connectivity index (χ1) is 8.33. The second-order valence-corrected chi connectivity index (χ2v) is 4.52. The average Bonchev–Trinajstić information content (AvgIpc) is 2.40. The second-order valence-electron chi connectivity index (χ2n) is 4.52. The minimum Gasteiger partial charge on any atom is -0.371 e. The molecule has 0 bridgehead atoms. The topological polar surface area (TPSA) is 52.0 Å². The van der Waals surface area contributed by atoms with Gasteiger partial charge in [-0.05, 0) is 44.5 Å². The fourth-order valence-corrected chi connectivity index (χ4v) is 2.43. The molecule has 17 heavy (non-hydrogen) atoms. The molecule has 4 nitrogen and oxygen atoms in total. The Morgan fingerprint density at radius 1 is 1.65 bits per heavy atom. The predicted molar refractivity (Wildman–Crippen MR) is 67.8 cm³/mol. The van der Waals surface area contributed by atoms with Crippen molar-refractivity contribution in [1.29, 1.82) is 5.26 Å². The molecule has 0 aliphatic carbocycles. The summed E-state index contributed by atoms with van der Waals surface area (Å²) in [5.74, 6) is 0.701. The van der Waals surface area contributed by atoms with Crippen LogP contribution >= 0.6 is 0 Å². The average molecular weight is 230 g/mol. The highest BCUT2D eigenvalue weighted by Gasteiger charge is 2.19. The Kier molecular flexibility index (Phi) is 3.94. The van der Waals surface area contributed by atoms with Crippen molar-refractivity contribution in [3.8, 4) is 6.07 Å². The third-order valence-corrected chi connectivity index (χ3v) is 3.24. The summed E-state index contributed by atoms with van der Waals surface area (Å²) in [6, 6.07) is 5.96. The standard InChI is InChI=1S/C13H18N4/c1-15-9-11-3-2-6-17(10-11)13-4-5-16-12(7-13)8-14/h4-5,7,11,15H,2-3,6,9-10H2,1H3. The van der Waals surface area contributed by atoms with Crippen LogP contribution < -0.4 is 10.2 Å². The molecular weight excluding hydrogens is 212 g/mol. The molecule has 1 N–H and O–H groups in total. The first kappa shape index (κ1) is 11.9. The summed E-state index contributed by atoms with van der Waals surface area (Å²) in [6.45, 7) is 3.21. The minimum absolute atomic E-state index is 0.498. The van der Waals surface area contributed by atoms with Gasteiger partial charge in [0.15, 0.2) is 0 Å².